The number of aryl methyl sites for hydroxylation is 1. The fraction of sp³-hybridized carbons (Fsp3) is 0.412. The number of aromatic nitrogens is 1. The van der Waals surface area contributed by atoms with Gasteiger partial charge in [-0.25, -0.2) is 0 Å². The van der Waals surface area contributed by atoms with E-state index in [0.717, 1.165) is 31.9 Å². The molecule has 6 heteroatoms. The van der Waals surface area contributed by atoms with Gasteiger partial charge in [-0.3, -0.25) is 4.79 Å². The Kier molecular flexibility index (Phi) is 4.62. The molecule has 2 aromatic rings. The Bertz CT molecular complexity index is 660. The zero-order valence-corrected chi connectivity index (χ0v) is 13.5. The highest BCUT2D eigenvalue weighted by molar-refractivity contribution is 5.92. The van der Waals surface area contributed by atoms with Crippen LogP contribution in [-0.2, 0) is 11.3 Å². The van der Waals surface area contributed by atoms with Gasteiger partial charge in [-0.2, -0.15) is 0 Å². The zero-order chi connectivity index (χ0) is 16.2. The van der Waals surface area contributed by atoms with Crippen LogP contribution in [0.25, 0.3) is 0 Å². The Morgan fingerprint density at radius 2 is 1.96 bits per heavy atom. The third kappa shape index (κ3) is 3.71. The van der Waals surface area contributed by atoms with Crippen molar-refractivity contribution in [3.63, 3.8) is 0 Å². The highest BCUT2D eigenvalue weighted by Gasteiger charge is 2.16. The van der Waals surface area contributed by atoms with Gasteiger partial charge in [0, 0.05) is 38.4 Å². The number of carbonyl (C=O) groups is 1. The van der Waals surface area contributed by atoms with Gasteiger partial charge in [0.05, 0.1) is 13.2 Å². The quantitative estimate of drug-likeness (QED) is 0.864. The number of rotatable bonds is 4. The van der Waals surface area contributed by atoms with Gasteiger partial charge in [-0.15, -0.1) is 0 Å². The molecule has 0 atom stereocenters. The van der Waals surface area contributed by atoms with Gasteiger partial charge in [0.25, 0.3) is 5.91 Å². The molecular weight excluding hydrogens is 294 g/mol. The molecule has 0 unspecified atom stereocenters. The summed E-state index contributed by atoms with van der Waals surface area (Å²) < 4.78 is 10.3. The van der Waals surface area contributed by atoms with Crippen LogP contribution in [0, 0.1) is 6.92 Å². The van der Waals surface area contributed by atoms with Gasteiger partial charge < -0.3 is 19.1 Å². The van der Waals surface area contributed by atoms with E-state index < -0.39 is 0 Å². The molecule has 122 valence electrons. The first kappa shape index (κ1) is 15.6. The van der Waals surface area contributed by atoms with Gasteiger partial charge in [0.2, 0.25) is 0 Å². The Hall–Kier alpha value is -2.34. The molecule has 0 bridgehead atoms. The summed E-state index contributed by atoms with van der Waals surface area (Å²) in [6.45, 7) is 5.70. The Labute approximate surface area is 135 Å². The molecule has 3 rings (SSSR count). The van der Waals surface area contributed by atoms with Crippen LogP contribution in [0.5, 0.6) is 0 Å². The van der Waals surface area contributed by atoms with Crippen molar-refractivity contribution in [2.45, 2.75) is 13.5 Å². The van der Waals surface area contributed by atoms with E-state index in [1.807, 2.05) is 0 Å². The van der Waals surface area contributed by atoms with Crippen LogP contribution in [0.1, 0.15) is 21.8 Å². The maximum Gasteiger partial charge on any atom is 0.276 e. The molecule has 23 heavy (non-hydrogen) atoms. The van der Waals surface area contributed by atoms with Crippen molar-refractivity contribution in [3.8, 4) is 0 Å². The second kappa shape index (κ2) is 6.83. The lowest BCUT2D eigenvalue weighted by atomic mass is 10.1. The first-order chi connectivity index (χ1) is 11.1. The first-order valence-electron chi connectivity index (χ1n) is 7.74. The monoisotopic (exact) mass is 315 g/mol. The highest BCUT2D eigenvalue weighted by Crippen LogP contribution is 2.17. The third-order valence-electron chi connectivity index (χ3n) is 3.93. The second-order valence-corrected chi connectivity index (χ2v) is 5.75. The Morgan fingerprint density at radius 3 is 2.57 bits per heavy atom. The Balaban J connectivity index is 1.62. The molecule has 1 aliphatic rings. The van der Waals surface area contributed by atoms with Crippen molar-refractivity contribution in [1.29, 1.82) is 0 Å². The van der Waals surface area contributed by atoms with E-state index in [2.05, 4.69) is 34.3 Å². The molecule has 0 N–H and O–H groups in total. The summed E-state index contributed by atoms with van der Waals surface area (Å²) in [5, 5.41) is 3.77. The SMILES string of the molecule is Cc1cc(C(=O)N(C)Cc2ccc(N3CCOCC3)cc2)no1. The topological polar surface area (TPSA) is 58.8 Å². The maximum atomic E-state index is 12.3. The molecule has 1 amide bonds. The van der Waals surface area contributed by atoms with Crippen LogP contribution in [-0.4, -0.2) is 49.3 Å². The summed E-state index contributed by atoms with van der Waals surface area (Å²) in [5.74, 6) is 0.496. The Morgan fingerprint density at radius 1 is 1.26 bits per heavy atom. The van der Waals surface area contributed by atoms with E-state index in [4.69, 9.17) is 9.26 Å². The van der Waals surface area contributed by atoms with Crippen LogP contribution in [0.2, 0.25) is 0 Å². The molecule has 0 radical (unpaired) electrons. The molecule has 1 aromatic carbocycles. The lowest BCUT2D eigenvalue weighted by Crippen LogP contribution is -2.36. The number of benzene rings is 1. The van der Waals surface area contributed by atoms with E-state index >= 15 is 0 Å². The maximum absolute atomic E-state index is 12.3. The van der Waals surface area contributed by atoms with Crippen molar-refractivity contribution in [2.75, 3.05) is 38.3 Å². The molecule has 6 nitrogen and oxygen atoms in total. The summed E-state index contributed by atoms with van der Waals surface area (Å²) >= 11 is 0. The van der Waals surface area contributed by atoms with Crippen molar-refractivity contribution in [2.24, 2.45) is 0 Å². The van der Waals surface area contributed by atoms with Crippen LogP contribution in [0.3, 0.4) is 0 Å². The lowest BCUT2D eigenvalue weighted by molar-refractivity contribution is 0.0774. The van der Waals surface area contributed by atoms with Crippen molar-refractivity contribution in [3.05, 3.63) is 47.3 Å². The highest BCUT2D eigenvalue weighted by atomic mass is 16.5. The minimum atomic E-state index is -0.140. The van der Waals surface area contributed by atoms with Crippen LogP contribution < -0.4 is 4.90 Å². The van der Waals surface area contributed by atoms with Crippen LogP contribution in [0.15, 0.2) is 34.9 Å². The van der Waals surface area contributed by atoms with E-state index in [0.29, 0.717) is 18.0 Å². The fourth-order valence-electron chi connectivity index (χ4n) is 2.64. The third-order valence-corrected chi connectivity index (χ3v) is 3.93. The number of morpholine rings is 1. The minimum absolute atomic E-state index is 0.140. The molecule has 1 aromatic heterocycles. The molecule has 2 heterocycles. The van der Waals surface area contributed by atoms with Crippen molar-refractivity contribution in [1.82, 2.24) is 10.1 Å². The van der Waals surface area contributed by atoms with Crippen LogP contribution >= 0.6 is 0 Å². The van der Waals surface area contributed by atoms with Gasteiger partial charge in [-0.05, 0) is 24.6 Å². The molecule has 0 aliphatic carbocycles. The average molecular weight is 315 g/mol. The summed E-state index contributed by atoms with van der Waals surface area (Å²) in [5.41, 5.74) is 2.62. The first-order valence-corrected chi connectivity index (χ1v) is 7.74. The number of ether oxygens (including phenoxy) is 1. The number of anilines is 1. The lowest BCUT2D eigenvalue weighted by Gasteiger charge is -2.29. The van der Waals surface area contributed by atoms with Gasteiger partial charge in [-0.1, -0.05) is 17.3 Å². The fourth-order valence-corrected chi connectivity index (χ4v) is 2.64. The predicted molar refractivity (Wildman–Crippen MR) is 86.5 cm³/mol. The number of hydrogen-bond acceptors (Lipinski definition) is 5. The number of amides is 1. The molecule has 1 fully saturated rings. The summed E-state index contributed by atoms with van der Waals surface area (Å²) in [6, 6.07) is 9.96. The normalized spacial score (nSPS) is 14.8. The number of nitrogens with zero attached hydrogens (tertiary/aromatic N) is 3. The number of hydrogen-bond donors (Lipinski definition) is 0. The molecular formula is C17H21N3O3. The zero-order valence-electron chi connectivity index (χ0n) is 13.5. The van der Waals surface area contributed by atoms with Crippen molar-refractivity contribution < 1.29 is 14.1 Å². The van der Waals surface area contributed by atoms with E-state index in [1.54, 1.807) is 24.9 Å². The van der Waals surface area contributed by atoms with Gasteiger partial charge in [0.15, 0.2) is 5.69 Å². The molecule has 1 saturated heterocycles. The van der Waals surface area contributed by atoms with Crippen LogP contribution in [0.4, 0.5) is 5.69 Å². The standard InChI is InChI=1S/C17H21N3O3/c1-13-11-16(18-23-13)17(21)19(2)12-14-3-5-15(6-4-14)20-7-9-22-10-8-20/h3-6,11H,7-10,12H2,1-2H3. The van der Waals surface area contributed by atoms with E-state index in [9.17, 15) is 4.79 Å². The average Bonchev–Trinajstić information content (AvgIpc) is 3.02. The second-order valence-electron chi connectivity index (χ2n) is 5.75. The predicted octanol–water partition coefficient (Wildman–Crippen LogP) is 2.09. The van der Waals surface area contributed by atoms with Gasteiger partial charge >= 0.3 is 0 Å². The number of carbonyl (C=O) groups excluding carboxylic acids is 1. The van der Waals surface area contributed by atoms with Crippen molar-refractivity contribution >= 4 is 11.6 Å². The molecule has 1 aliphatic heterocycles. The largest absolute Gasteiger partial charge is 0.378 e. The summed E-state index contributed by atoms with van der Waals surface area (Å²) in [6.07, 6.45) is 0. The van der Waals surface area contributed by atoms with E-state index in [-0.39, 0.29) is 5.91 Å². The van der Waals surface area contributed by atoms with Gasteiger partial charge in [0.1, 0.15) is 5.76 Å². The minimum Gasteiger partial charge on any atom is -0.378 e. The molecule has 0 saturated carbocycles. The smallest absolute Gasteiger partial charge is 0.276 e. The molecule has 0 spiro atoms. The summed E-state index contributed by atoms with van der Waals surface area (Å²) in [7, 11) is 1.77. The van der Waals surface area contributed by atoms with E-state index in [1.165, 1.54) is 5.69 Å². The summed E-state index contributed by atoms with van der Waals surface area (Å²) in [4.78, 5) is 16.2.